The van der Waals surface area contributed by atoms with Gasteiger partial charge in [0.1, 0.15) is 0 Å². The van der Waals surface area contributed by atoms with E-state index in [2.05, 4.69) is 15.2 Å². The van der Waals surface area contributed by atoms with E-state index >= 15 is 0 Å². The first-order valence-electron chi connectivity index (χ1n) is 6.72. The minimum Gasteiger partial charge on any atom is -0.465 e. The average Bonchev–Trinajstić information content (AvgIpc) is 2.71. The molecule has 0 saturated carbocycles. The van der Waals surface area contributed by atoms with Gasteiger partial charge in [-0.3, -0.25) is 0 Å². The molecular formula is C14H17N3O2S. The molecule has 1 aliphatic rings. The number of anilines is 1. The summed E-state index contributed by atoms with van der Waals surface area (Å²) in [4.78, 5) is 18.5. The number of nitrogens with zero attached hydrogens (tertiary/aromatic N) is 2. The van der Waals surface area contributed by atoms with E-state index in [4.69, 9.17) is 4.74 Å². The van der Waals surface area contributed by atoms with Crippen LogP contribution < -0.4 is 10.2 Å². The second-order valence-electron chi connectivity index (χ2n) is 4.76. The monoisotopic (exact) mass is 291 g/mol. The van der Waals surface area contributed by atoms with Crippen LogP contribution >= 0.6 is 11.3 Å². The number of methoxy groups -OCH3 is 1. The number of esters is 1. The lowest BCUT2D eigenvalue weighted by Gasteiger charge is -2.17. The Labute approximate surface area is 121 Å². The normalized spacial score (nSPS) is 16.1. The highest BCUT2D eigenvalue weighted by Crippen LogP contribution is 2.29. The maximum Gasteiger partial charge on any atom is 0.337 e. The molecule has 2 heterocycles. The summed E-state index contributed by atoms with van der Waals surface area (Å²) in [5.74, 6) is -0.305. The zero-order chi connectivity index (χ0) is 13.9. The summed E-state index contributed by atoms with van der Waals surface area (Å²) in [6, 6.07) is 5.51. The van der Waals surface area contributed by atoms with Crippen LogP contribution in [-0.4, -0.2) is 44.2 Å². The summed E-state index contributed by atoms with van der Waals surface area (Å²) in [6.45, 7) is 4.05. The molecule has 5 nitrogen and oxygen atoms in total. The van der Waals surface area contributed by atoms with Gasteiger partial charge in [-0.05, 0) is 31.2 Å². The zero-order valence-corrected chi connectivity index (χ0v) is 12.2. The van der Waals surface area contributed by atoms with Crippen LogP contribution in [0, 0.1) is 0 Å². The fourth-order valence-electron chi connectivity index (χ4n) is 2.33. The maximum absolute atomic E-state index is 11.6. The molecule has 1 aromatic heterocycles. The van der Waals surface area contributed by atoms with E-state index in [1.807, 2.05) is 12.1 Å². The number of aromatic nitrogens is 1. The summed E-state index contributed by atoms with van der Waals surface area (Å²) >= 11 is 1.63. The van der Waals surface area contributed by atoms with Crippen molar-refractivity contribution in [1.29, 1.82) is 0 Å². The van der Waals surface area contributed by atoms with Gasteiger partial charge in [-0.25, -0.2) is 9.78 Å². The van der Waals surface area contributed by atoms with Gasteiger partial charge in [0.25, 0.3) is 0 Å². The van der Waals surface area contributed by atoms with Crippen LogP contribution in [0.3, 0.4) is 0 Å². The molecule has 0 unspecified atom stereocenters. The van der Waals surface area contributed by atoms with Gasteiger partial charge >= 0.3 is 5.97 Å². The van der Waals surface area contributed by atoms with Crippen molar-refractivity contribution in [2.45, 2.75) is 6.42 Å². The molecule has 1 saturated heterocycles. The number of hydrogen-bond acceptors (Lipinski definition) is 6. The molecule has 1 fully saturated rings. The van der Waals surface area contributed by atoms with Crippen LogP contribution in [0.25, 0.3) is 10.2 Å². The van der Waals surface area contributed by atoms with Crippen LogP contribution in [0.4, 0.5) is 5.13 Å². The lowest BCUT2D eigenvalue weighted by atomic mass is 10.2. The van der Waals surface area contributed by atoms with Crippen molar-refractivity contribution in [2.24, 2.45) is 0 Å². The Balaban J connectivity index is 1.91. The van der Waals surface area contributed by atoms with Crippen LogP contribution in [0.15, 0.2) is 18.2 Å². The number of thiazole rings is 1. The lowest BCUT2D eigenvalue weighted by molar-refractivity contribution is 0.0601. The highest BCUT2D eigenvalue weighted by Gasteiger charge is 2.15. The standard InChI is InChI=1S/C14H17N3O2S/c1-19-13(18)10-3-4-11-12(9-10)20-14(16-11)17-7-2-5-15-6-8-17/h3-4,9,15H,2,5-8H2,1H3. The molecule has 106 valence electrons. The van der Waals surface area contributed by atoms with Crippen LogP contribution in [-0.2, 0) is 4.74 Å². The van der Waals surface area contributed by atoms with E-state index in [0.29, 0.717) is 5.56 Å². The van der Waals surface area contributed by atoms with Crippen LogP contribution in [0.2, 0.25) is 0 Å². The van der Waals surface area contributed by atoms with E-state index in [1.165, 1.54) is 7.11 Å². The fourth-order valence-corrected chi connectivity index (χ4v) is 3.39. The Morgan fingerprint density at radius 1 is 1.40 bits per heavy atom. The van der Waals surface area contributed by atoms with Gasteiger partial charge < -0.3 is 15.0 Å². The van der Waals surface area contributed by atoms with Gasteiger partial charge in [0, 0.05) is 19.6 Å². The molecule has 1 aromatic carbocycles. The molecule has 2 aromatic rings. The van der Waals surface area contributed by atoms with Gasteiger partial charge in [-0.1, -0.05) is 11.3 Å². The molecule has 6 heteroatoms. The highest BCUT2D eigenvalue weighted by atomic mass is 32.1. The van der Waals surface area contributed by atoms with Crippen molar-refractivity contribution in [3.05, 3.63) is 23.8 Å². The second kappa shape index (κ2) is 5.76. The van der Waals surface area contributed by atoms with E-state index in [0.717, 1.165) is 47.9 Å². The Hall–Kier alpha value is -1.66. The first-order chi connectivity index (χ1) is 9.78. The van der Waals surface area contributed by atoms with Crippen LogP contribution in [0.1, 0.15) is 16.8 Å². The predicted molar refractivity (Wildman–Crippen MR) is 80.7 cm³/mol. The molecule has 3 rings (SSSR count). The van der Waals surface area contributed by atoms with Gasteiger partial charge in [-0.15, -0.1) is 0 Å². The van der Waals surface area contributed by atoms with E-state index in [1.54, 1.807) is 17.4 Å². The van der Waals surface area contributed by atoms with E-state index in [-0.39, 0.29) is 5.97 Å². The van der Waals surface area contributed by atoms with Crippen molar-refractivity contribution in [1.82, 2.24) is 10.3 Å². The number of nitrogens with one attached hydrogen (secondary N) is 1. The number of fused-ring (bicyclic) bond motifs is 1. The number of ether oxygens (including phenoxy) is 1. The first kappa shape index (κ1) is 13.3. The molecule has 0 aliphatic carbocycles. The number of hydrogen-bond donors (Lipinski definition) is 1. The SMILES string of the molecule is COC(=O)c1ccc2nc(N3CCCNCC3)sc2c1. The van der Waals surface area contributed by atoms with Crippen molar-refractivity contribution < 1.29 is 9.53 Å². The number of carbonyl (C=O) groups is 1. The van der Waals surface area contributed by atoms with Crippen molar-refractivity contribution in [3.8, 4) is 0 Å². The Kier molecular flexibility index (Phi) is 3.84. The van der Waals surface area contributed by atoms with Crippen molar-refractivity contribution in [3.63, 3.8) is 0 Å². The largest absolute Gasteiger partial charge is 0.465 e. The summed E-state index contributed by atoms with van der Waals surface area (Å²) in [6.07, 6.45) is 1.13. The molecule has 0 atom stereocenters. The second-order valence-corrected chi connectivity index (χ2v) is 5.77. The van der Waals surface area contributed by atoms with Gasteiger partial charge in [0.15, 0.2) is 5.13 Å². The Morgan fingerprint density at radius 2 is 2.30 bits per heavy atom. The molecule has 1 aliphatic heterocycles. The fraction of sp³-hybridized carbons (Fsp3) is 0.429. The molecule has 0 spiro atoms. The van der Waals surface area contributed by atoms with Crippen molar-refractivity contribution >= 4 is 32.7 Å². The van der Waals surface area contributed by atoms with Crippen LogP contribution in [0.5, 0.6) is 0 Å². The molecule has 0 amide bonds. The molecule has 20 heavy (non-hydrogen) atoms. The third-order valence-corrected chi connectivity index (χ3v) is 4.49. The van der Waals surface area contributed by atoms with E-state index < -0.39 is 0 Å². The first-order valence-corrected chi connectivity index (χ1v) is 7.54. The minimum absolute atomic E-state index is 0.305. The Bertz CT molecular complexity index is 618. The molecule has 1 N–H and O–H groups in total. The maximum atomic E-state index is 11.6. The Morgan fingerprint density at radius 3 is 3.15 bits per heavy atom. The molecular weight excluding hydrogens is 274 g/mol. The minimum atomic E-state index is -0.305. The topological polar surface area (TPSA) is 54.5 Å². The predicted octanol–water partition coefficient (Wildman–Crippen LogP) is 1.88. The third-order valence-electron chi connectivity index (χ3n) is 3.41. The third kappa shape index (κ3) is 2.62. The quantitative estimate of drug-likeness (QED) is 0.856. The molecule has 0 bridgehead atoms. The van der Waals surface area contributed by atoms with Gasteiger partial charge in [0.05, 0.1) is 22.9 Å². The highest BCUT2D eigenvalue weighted by molar-refractivity contribution is 7.22. The summed E-state index contributed by atoms with van der Waals surface area (Å²) in [5.41, 5.74) is 1.52. The average molecular weight is 291 g/mol. The summed E-state index contributed by atoms with van der Waals surface area (Å²) in [7, 11) is 1.40. The zero-order valence-electron chi connectivity index (χ0n) is 11.4. The number of benzene rings is 1. The van der Waals surface area contributed by atoms with Gasteiger partial charge in [-0.2, -0.15) is 0 Å². The number of carbonyl (C=O) groups excluding carboxylic acids is 1. The van der Waals surface area contributed by atoms with Crippen molar-refractivity contribution in [2.75, 3.05) is 38.2 Å². The summed E-state index contributed by atoms with van der Waals surface area (Å²) in [5, 5.41) is 4.42. The smallest absolute Gasteiger partial charge is 0.337 e. The molecule has 0 radical (unpaired) electrons. The summed E-state index contributed by atoms with van der Waals surface area (Å²) < 4.78 is 5.78. The lowest BCUT2D eigenvalue weighted by Crippen LogP contribution is -2.27. The van der Waals surface area contributed by atoms with Gasteiger partial charge in [0.2, 0.25) is 0 Å². The number of rotatable bonds is 2. The van der Waals surface area contributed by atoms with E-state index in [9.17, 15) is 4.79 Å².